The maximum absolute atomic E-state index is 13.2. The third kappa shape index (κ3) is 13.3. The molecule has 338 valence electrons. The van der Waals surface area contributed by atoms with Gasteiger partial charge in [0.2, 0.25) is 11.8 Å². The van der Waals surface area contributed by atoms with Crippen LogP contribution in [0.5, 0.6) is 0 Å². The van der Waals surface area contributed by atoms with Gasteiger partial charge >= 0.3 is 5.69 Å². The minimum atomic E-state index is -1.82. The molecule has 2 amide bonds. The first-order valence-corrected chi connectivity index (χ1v) is 21.1. The number of nitrogens with one attached hydrogen (secondary N) is 3. The van der Waals surface area contributed by atoms with Crippen LogP contribution in [0.15, 0.2) is 21.9 Å². The summed E-state index contributed by atoms with van der Waals surface area (Å²) in [5, 5.41) is 92.7. The minimum absolute atomic E-state index is 0.0631. The van der Waals surface area contributed by atoms with Crippen LogP contribution in [-0.2, 0) is 28.5 Å². The number of carbonyl (C=O) groups excluding carboxylic acids is 2. The van der Waals surface area contributed by atoms with Gasteiger partial charge in [0.15, 0.2) is 18.8 Å². The van der Waals surface area contributed by atoms with E-state index in [2.05, 4.69) is 24.5 Å². The number of unbranched alkanes of at least 4 members (excludes halogenated alkanes) is 10. The van der Waals surface area contributed by atoms with E-state index in [4.69, 9.17) is 18.9 Å². The second-order valence-electron chi connectivity index (χ2n) is 15.9. The van der Waals surface area contributed by atoms with Crippen LogP contribution in [-0.4, -0.2) is 155 Å². The second kappa shape index (κ2) is 24.0. The molecule has 0 aliphatic carbocycles. The second-order valence-corrected chi connectivity index (χ2v) is 15.9. The van der Waals surface area contributed by atoms with Gasteiger partial charge in [-0.15, -0.1) is 0 Å². The summed E-state index contributed by atoms with van der Waals surface area (Å²) in [4.78, 5) is 52.3. The fraction of sp³-hybridized carbons (Fsp3) is 0.846. The fourth-order valence-electron chi connectivity index (χ4n) is 7.76. The van der Waals surface area contributed by atoms with Crippen molar-refractivity contribution >= 4 is 11.8 Å². The molecule has 59 heavy (non-hydrogen) atoms. The van der Waals surface area contributed by atoms with E-state index in [1.165, 1.54) is 0 Å². The van der Waals surface area contributed by atoms with Gasteiger partial charge in [0, 0.05) is 31.5 Å². The maximum atomic E-state index is 13.2. The van der Waals surface area contributed by atoms with Gasteiger partial charge in [-0.1, -0.05) is 78.1 Å². The van der Waals surface area contributed by atoms with E-state index in [0.717, 1.165) is 81.0 Å². The Balaban J connectivity index is 1.53. The number of nitrogens with zero attached hydrogens (tertiary/aromatic N) is 1. The zero-order chi connectivity index (χ0) is 43.2. The zero-order valence-corrected chi connectivity index (χ0v) is 33.9. The Hall–Kier alpha value is -2.86. The molecule has 1 aromatic heterocycles. The first kappa shape index (κ1) is 48.8. The molecule has 4 heterocycles. The highest BCUT2D eigenvalue weighted by molar-refractivity contribution is 5.76. The largest absolute Gasteiger partial charge is 0.394 e. The smallest absolute Gasteiger partial charge is 0.330 e. The van der Waals surface area contributed by atoms with Gasteiger partial charge in [0.1, 0.15) is 60.9 Å². The molecule has 3 aliphatic heterocycles. The Bertz CT molecular complexity index is 1550. The van der Waals surface area contributed by atoms with Crippen molar-refractivity contribution in [2.24, 2.45) is 0 Å². The number of hydrogen-bond acceptors (Lipinski definition) is 16. The van der Waals surface area contributed by atoms with Gasteiger partial charge < -0.3 is 70.4 Å². The standard InChI is InChI=1S/C39H66N4O16/c1-3-5-7-9-11-13-15-24(46)40-27-31(51)29(49)22(19-21(45)35-33(53)34(54)36(58-35)43-18-17-26(48)42-39(43)55)56-37(27)59-38-28(32(52)30(50)23(20-44)57-38)41-25(47)16-14-12-10-8-6-4-2/h17-18,21-23,27-38,44-45,49-54H,3-16,19-20H2,1-2H3,(H,40,46)(H,41,47)(H,42,48,55)/t21-,22-,23+,27?,28?,29?,30?,31?,32?,33+,34-,35-,36-,37+,38-/m1/s1. The van der Waals surface area contributed by atoms with E-state index in [1.807, 2.05) is 4.98 Å². The summed E-state index contributed by atoms with van der Waals surface area (Å²) in [6.45, 7) is 3.42. The Morgan fingerprint density at radius 2 is 1.20 bits per heavy atom. The fourth-order valence-corrected chi connectivity index (χ4v) is 7.76. The normalized spacial score (nSPS) is 34.1. The topological polar surface area (TPSA) is 312 Å². The number of hydrogen-bond donors (Lipinski definition) is 11. The van der Waals surface area contributed by atoms with E-state index in [-0.39, 0.29) is 12.8 Å². The van der Waals surface area contributed by atoms with Crippen molar-refractivity contribution in [3.8, 4) is 0 Å². The molecule has 3 saturated heterocycles. The number of aliphatic hydroxyl groups excluding tert-OH is 8. The molecule has 20 heteroatoms. The monoisotopic (exact) mass is 846 g/mol. The van der Waals surface area contributed by atoms with Gasteiger partial charge in [-0.05, 0) is 12.8 Å². The molecule has 4 rings (SSSR count). The molecular formula is C39H66N4O16. The summed E-state index contributed by atoms with van der Waals surface area (Å²) in [5.74, 6) is -0.995. The molecule has 0 bridgehead atoms. The lowest BCUT2D eigenvalue weighted by molar-refractivity contribution is -0.347. The molecule has 11 N–H and O–H groups in total. The molecule has 3 aliphatic rings. The number of rotatable bonds is 23. The lowest BCUT2D eigenvalue weighted by atomic mass is 9.91. The Kier molecular flexibility index (Phi) is 19.8. The van der Waals surface area contributed by atoms with Crippen LogP contribution in [0.4, 0.5) is 0 Å². The highest BCUT2D eigenvalue weighted by Crippen LogP contribution is 2.34. The van der Waals surface area contributed by atoms with Gasteiger partial charge in [0.05, 0.1) is 18.8 Å². The molecule has 0 radical (unpaired) electrons. The summed E-state index contributed by atoms with van der Waals surface area (Å²) in [6.07, 6.45) is -10.2. The van der Waals surface area contributed by atoms with Crippen molar-refractivity contribution in [1.82, 2.24) is 20.2 Å². The number of ether oxygens (including phenoxy) is 4. The average molecular weight is 847 g/mol. The van der Waals surface area contributed by atoms with E-state index >= 15 is 0 Å². The minimum Gasteiger partial charge on any atom is -0.394 e. The van der Waals surface area contributed by atoms with Crippen molar-refractivity contribution in [2.75, 3.05) is 6.61 Å². The Labute approximate surface area is 342 Å². The Morgan fingerprint density at radius 1 is 0.712 bits per heavy atom. The van der Waals surface area contributed by atoms with Crippen LogP contribution in [0.2, 0.25) is 0 Å². The van der Waals surface area contributed by atoms with Gasteiger partial charge in [-0.25, -0.2) is 4.79 Å². The lowest BCUT2D eigenvalue weighted by Gasteiger charge is -2.47. The van der Waals surface area contributed by atoms with Crippen LogP contribution < -0.4 is 21.9 Å². The summed E-state index contributed by atoms with van der Waals surface area (Å²) in [5.41, 5.74) is -1.67. The van der Waals surface area contributed by atoms with Crippen LogP contribution >= 0.6 is 0 Å². The summed E-state index contributed by atoms with van der Waals surface area (Å²) in [6, 6.07) is -1.93. The number of carbonyl (C=O) groups is 2. The van der Waals surface area contributed by atoms with Crippen LogP contribution in [0.25, 0.3) is 0 Å². The average Bonchev–Trinajstić information content (AvgIpc) is 3.50. The first-order valence-electron chi connectivity index (χ1n) is 21.1. The molecule has 20 nitrogen and oxygen atoms in total. The van der Waals surface area contributed by atoms with Gasteiger partial charge in [-0.3, -0.25) is 23.9 Å². The quantitative estimate of drug-likeness (QED) is 0.0546. The van der Waals surface area contributed by atoms with Gasteiger partial charge in [-0.2, -0.15) is 0 Å². The summed E-state index contributed by atoms with van der Waals surface area (Å²) < 4.78 is 24.5. The molecule has 3 fully saturated rings. The molecular weight excluding hydrogens is 780 g/mol. The third-order valence-electron chi connectivity index (χ3n) is 11.3. The van der Waals surface area contributed by atoms with E-state index in [1.54, 1.807) is 0 Å². The predicted octanol–water partition coefficient (Wildman–Crippen LogP) is -1.72. The van der Waals surface area contributed by atoms with Gasteiger partial charge in [0.25, 0.3) is 5.56 Å². The van der Waals surface area contributed by atoms with Crippen molar-refractivity contribution in [3.63, 3.8) is 0 Å². The first-order chi connectivity index (χ1) is 28.2. The van der Waals surface area contributed by atoms with Crippen LogP contribution in [0.3, 0.4) is 0 Å². The van der Waals surface area contributed by atoms with Crippen LogP contribution in [0.1, 0.15) is 116 Å². The number of aromatic nitrogens is 2. The maximum Gasteiger partial charge on any atom is 0.330 e. The summed E-state index contributed by atoms with van der Waals surface area (Å²) in [7, 11) is 0. The zero-order valence-electron chi connectivity index (χ0n) is 33.9. The van der Waals surface area contributed by atoms with E-state index in [0.29, 0.717) is 12.8 Å². The number of amides is 2. The number of aromatic amines is 1. The molecule has 0 aromatic carbocycles. The van der Waals surface area contributed by atoms with Crippen molar-refractivity contribution in [1.29, 1.82) is 0 Å². The third-order valence-corrected chi connectivity index (χ3v) is 11.3. The van der Waals surface area contributed by atoms with E-state index < -0.39 is 128 Å². The lowest BCUT2D eigenvalue weighted by Crippen LogP contribution is -2.69. The molecule has 0 spiro atoms. The molecule has 0 saturated carbocycles. The Morgan fingerprint density at radius 3 is 1.71 bits per heavy atom. The highest BCUT2D eigenvalue weighted by Gasteiger charge is 2.53. The summed E-state index contributed by atoms with van der Waals surface area (Å²) >= 11 is 0. The van der Waals surface area contributed by atoms with Crippen molar-refractivity contribution in [2.45, 2.75) is 202 Å². The molecule has 15 atom stereocenters. The highest BCUT2D eigenvalue weighted by atomic mass is 16.8. The van der Waals surface area contributed by atoms with E-state index in [9.17, 15) is 60.0 Å². The number of H-pyrrole nitrogens is 1. The van der Waals surface area contributed by atoms with Crippen LogP contribution in [0, 0.1) is 0 Å². The van der Waals surface area contributed by atoms with Crippen molar-refractivity contribution in [3.05, 3.63) is 33.1 Å². The van der Waals surface area contributed by atoms with Crippen molar-refractivity contribution < 1.29 is 69.4 Å². The number of aliphatic hydroxyl groups is 8. The SMILES string of the molecule is CCCCCCCCC(=O)NC1C(O)C(O)[C@H](CO)O[C@@H]1O[C@@H]1O[C@H](C[C@@H](O)[C@H]2O[C@@H](n3ccc(=O)[nH]c3=O)[C@H](O)[C@@H]2O)C(O)C(O)C1NC(=O)CCCCCCCC. The molecule has 1 aromatic rings. The predicted molar refractivity (Wildman–Crippen MR) is 207 cm³/mol. The molecule has 6 unspecified atom stereocenters.